The second kappa shape index (κ2) is 7.87. The Bertz CT molecular complexity index is 1660. The van der Waals surface area contributed by atoms with Crippen molar-refractivity contribution in [2.24, 2.45) is 11.3 Å². The Hall–Kier alpha value is -4.34. The highest BCUT2D eigenvalue weighted by atomic mass is 19.4. The van der Waals surface area contributed by atoms with Crippen LogP contribution in [0.3, 0.4) is 0 Å². The van der Waals surface area contributed by atoms with E-state index in [0.717, 1.165) is 23.6 Å². The van der Waals surface area contributed by atoms with Crippen LogP contribution in [0.4, 0.5) is 23.7 Å². The number of rotatable bonds is 7. The highest BCUT2D eigenvalue weighted by Gasteiger charge is 2.88. The molecule has 1 aromatic heterocycles. The quantitative estimate of drug-likeness (QED) is 0.448. The number of benzene rings is 2. The normalized spacial score (nSPS) is 26.1. The number of carbonyl (C=O) groups is 2. The van der Waals surface area contributed by atoms with Gasteiger partial charge in [-0.05, 0) is 59.2 Å². The van der Waals surface area contributed by atoms with Gasteiger partial charge in [0.05, 0.1) is 41.4 Å². The number of nitrogens with zero attached hydrogens (tertiary/aromatic N) is 4. The number of fused-ring (bicyclic) bond motifs is 1. The van der Waals surface area contributed by atoms with Crippen LogP contribution in [0.15, 0.2) is 84.1 Å². The minimum absolute atomic E-state index is 0.0707. The number of amides is 3. The molecule has 8 rings (SSSR count). The molecule has 3 aliphatic carbocycles. The summed E-state index contributed by atoms with van der Waals surface area (Å²) >= 11 is 0. The molecule has 3 amide bonds. The largest absolute Gasteiger partial charge is 0.416 e. The third kappa shape index (κ3) is 3.34. The lowest BCUT2D eigenvalue weighted by Gasteiger charge is -2.34. The molecule has 3 aromatic rings. The molecule has 10 heteroatoms. The van der Waals surface area contributed by atoms with Gasteiger partial charge in [0.2, 0.25) is 0 Å². The van der Waals surface area contributed by atoms with Crippen molar-refractivity contribution in [3.05, 3.63) is 101 Å². The Kier molecular flexibility index (Phi) is 4.63. The highest BCUT2D eigenvalue weighted by Crippen LogP contribution is 2.98. The van der Waals surface area contributed by atoms with Gasteiger partial charge in [-0.25, -0.2) is 9.78 Å². The number of aryl methyl sites for hydroxylation is 1. The summed E-state index contributed by atoms with van der Waals surface area (Å²) in [6.45, 7) is 1.23. The van der Waals surface area contributed by atoms with Gasteiger partial charge in [-0.1, -0.05) is 30.3 Å². The van der Waals surface area contributed by atoms with Crippen molar-refractivity contribution < 1.29 is 22.8 Å². The van der Waals surface area contributed by atoms with Crippen LogP contribution in [-0.2, 0) is 17.5 Å². The molecule has 0 radical (unpaired) electrons. The average Bonchev–Trinajstić information content (AvgIpc) is 3.80. The Morgan fingerprint density at radius 1 is 1.07 bits per heavy atom. The van der Waals surface area contributed by atoms with Gasteiger partial charge in [0, 0.05) is 30.9 Å². The number of hydrogen-bond donors (Lipinski definition) is 1. The van der Waals surface area contributed by atoms with Gasteiger partial charge >= 0.3 is 12.2 Å². The SMILES string of the molecule is O=C1C2=C(CN1CCCn1ccnc1)N(c1cccc(C(F)(F)F)c1)C(=O)NC2c1ccc(C2=C3C4CC234)cc1. The Morgan fingerprint density at radius 3 is 2.55 bits per heavy atom. The van der Waals surface area contributed by atoms with Crippen LogP contribution >= 0.6 is 0 Å². The average molecular weight is 544 g/mol. The van der Waals surface area contributed by atoms with E-state index in [9.17, 15) is 22.8 Å². The fourth-order valence-electron chi connectivity index (χ4n) is 6.66. The summed E-state index contributed by atoms with van der Waals surface area (Å²) in [7, 11) is 0. The lowest BCUT2D eigenvalue weighted by molar-refractivity contribution is -0.137. The van der Waals surface area contributed by atoms with E-state index in [4.69, 9.17) is 0 Å². The standard InChI is InChI=1S/C30H24F3N5O2/c31-30(32,33)19-3-1-4-20(13-19)38-22-15-37(11-2-10-36-12-9-34-16-36)27(39)23(22)26(35-28(38)40)18-7-5-17(6-8-18)24-25-21-14-29(21,24)25/h1,3-9,12-13,16,21,26H,2,10-11,14-15H2,(H,35,40). The van der Waals surface area contributed by atoms with E-state index in [1.807, 2.05) is 35.0 Å². The van der Waals surface area contributed by atoms with E-state index >= 15 is 0 Å². The molecule has 0 saturated heterocycles. The van der Waals surface area contributed by atoms with E-state index in [1.165, 1.54) is 34.6 Å². The molecule has 7 nitrogen and oxygen atoms in total. The van der Waals surface area contributed by atoms with Gasteiger partial charge in [-0.15, -0.1) is 0 Å². The monoisotopic (exact) mass is 543 g/mol. The number of halogens is 3. The molecule has 5 aliphatic rings. The topological polar surface area (TPSA) is 70.5 Å². The summed E-state index contributed by atoms with van der Waals surface area (Å²) in [6.07, 6.45) is 2.61. The second-order valence-corrected chi connectivity index (χ2v) is 11.1. The van der Waals surface area contributed by atoms with Gasteiger partial charge in [0.15, 0.2) is 0 Å². The maximum Gasteiger partial charge on any atom is 0.416 e. The summed E-state index contributed by atoms with van der Waals surface area (Å²) in [5.41, 5.74) is 5.45. The molecular formula is C30H24F3N5O2. The zero-order chi connectivity index (χ0) is 27.4. The van der Waals surface area contributed by atoms with Crippen molar-refractivity contribution in [3.63, 3.8) is 0 Å². The Morgan fingerprint density at radius 2 is 1.88 bits per heavy atom. The van der Waals surface area contributed by atoms with Crippen LogP contribution in [0.5, 0.6) is 0 Å². The molecule has 2 saturated carbocycles. The van der Waals surface area contributed by atoms with Crippen LogP contribution in [0, 0.1) is 11.3 Å². The summed E-state index contributed by atoms with van der Waals surface area (Å²) in [5.74, 6) is 0.602. The Labute approximate surface area is 227 Å². The van der Waals surface area contributed by atoms with E-state index < -0.39 is 23.8 Å². The van der Waals surface area contributed by atoms with Gasteiger partial charge in [0.1, 0.15) is 0 Å². The van der Waals surface area contributed by atoms with Crippen molar-refractivity contribution >= 4 is 23.2 Å². The number of imidazole rings is 1. The third-order valence-electron chi connectivity index (χ3n) is 8.93. The number of alkyl halides is 3. The van der Waals surface area contributed by atoms with E-state index in [2.05, 4.69) is 10.3 Å². The molecule has 3 unspecified atom stereocenters. The lowest BCUT2D eigenvalue weighted by Crippen LogP contribution is -2.47. The van der Waals surface area contributed by atoms with Gasteiger partial charge in [0.25, 0.3) is 5.91 Å². The van der Waals surface area contributed by atoms with Gasteiger partial charge in [-0.2, -0.15) is 13.2 Å². The molecule has 3 atom stereocenters. The van der Waals surface area contributed by atoms with Crippen molar-refractivity contribution in [3.8, 4) is 0 Å². The predicted octanol–water partition coefficient (Wildman–Crippen LogP) is 5.15. The molecule has 3 heterocycles. The predicted molar refractivity (Wildman–Crippen MR) is 140 cm³/mol. The van der Waals surface area contributed by atoms with Crippen molar-refractivity contribution in [2.45, 2.75) is 31.6 Å². The number of nitrogens with one attached hydrogen (secondary N) is 1. The molecule has 202 valence electrons. The van der Waals surface area contributed by atoms with Gasteiger partial charge in [-0.3, -0.25) is 9.69 Å². The van der Waals surface area contributed by atoms with Crippen LogP contribution in [0.1, 0.15) is 35.6 Å². The third-order valence-corrected chi connectivity index (χ3v) is 8.93. The van der Waals surface area contributed by atoms with Gasteiger partial charge < -0.3 is 14.8 Å². The van der Waals surface area contributed by atoms with E-state index in [0.29, 0.717) is 36.2 Å². The minimum Gasteiger partial charge on any atom is -0.337 e. The number of allylic oxidation sites excluding steroid dienone is 2. The number of aromatic nitrogens is 2. The minimum atomic E-state index is -4.56. The van der Waals surface area contributed by atoms with Crippen LogP contribution in [0.25, 0.3) is 5.57 Å². The lowest BCUT2D eigenvalue weighted by atomic mass is 9.94. The molecule has 1 N–H and O–H groups in total. The molecule has 1 spiro atoms. The number of urea groups is 1. The maximum absolute atomic E-state index is 13.8. The zero-order valence-electron chi connectivity index (χ0n) is 21.3. The summed E-state index contributed by atoms with van der Waals surface area (Å²) in [4.78, 5) is 34.2. The number of anilines is 1. The van der Waals surface area contributed by atoms with Crippen LogP contribution in [0.2, 0.25) is 0 Å². The van der Waals surface area contributed by atoms with Crippen LogP contribution < -0.4 is 10.2 Å². The smallest absolute Gasteiger partial charge is 0.337 e. The maximum atomic E-state index is 13.8. The zero-order valence-corrected chi connectivity index (χ0v) is 21.3. The molecule has 40 heavy (non-hydrogen) atoms. The fourth-order valence-corrected chi connectivity index (χ4v) is 6.66. The first-order valence-electron chi connectivity index (χ1n) is 13.4. The Balaban J connectivity index is 1.12. The molecule has 2 aliphatic heterocycles. The molecule has 2 fully saturated rings. The molecule has 2 aromatic carbocycles. The van der Waals surface area contributed by atoms with Crippen molar-refractivity contribution in [1.29, 1.82) is 0 Å². The second-order valence-electron chi connectivity index (χ2n) is 11.1. The summed E-state index contributed by atoms with van der Waals surface area (Å²) < 4.78 is 42.4. The van der Waals surface area contributed by atoms with Crippen molar-refractivity contribution in [2.75, 3.05) is 18.0 Å². The van der Waals surface area contributed by atoms with E-state index in [1.54, 1.807) is 23.0 Å². The summed E-state index contributed by atoms with van der Waals surface area (Å²) in [6, 6.07) is 11.4. The molecular weight excluding hydrogens is 519 g/mol. The highest BCUT2D eigenvalue weighted by molar-refractivity contribution is 6.08. The first-order valence-corrected chi connectivity index (χ1v) is 13.4. The fraction of sp³-hybridized carbons (Fsp3) is 0.300. The first kappa shape index (κ1) is 23.5. The number of carbonyl (C=O) groups excluding carboxylic acids is 2. The molecule has 0 bridgehead atoms. The van der Waals surface area contributed by atoms with Crippen molar-refractivity contribution in [1.82, 2.24) is 19.8 Å². The van der Waals surface area contributed by atoms with E-state index in [-0.39, 0.29) is 18.1 Å². The summed E-state index contributed by atoms with van der Waals surface area (Å²) in [5, 5.41) is 2.91. The number of hydrogen-bond acceptors (Lipinski definition) is 3. The van der Waals surface area contributed by atoms with Crippen LogP contribution in [-0.4, -0.2) is 39.5 Å². The first-order chi connectivity index (χ1) is 19.3.